The lowest BCUT2D eigenvalue weighted by molar-refractivity contribution is -0.384. The van der Waals surface area contributed by atoms with E-state index in [-0.39, 0.29) is 16.3 Å². The Morgan fingerprint density at radius 3 is 2.16 bits per heavy atom. The molecule has 0 spiro atoms. The lowest BCUT2D eigenvalue weighted by Gasteiger charge is -2.11. The number of hydrogen-bond donors (Lipinski definition) is 0. The van der Waals surface area contributed by atoms with E-state index in [1.54, 1.807) is 30.3 Å². The molecular formula is C17H13NO6S. The highest BCUT2D eigenvalue weighted by Crippen LogP contribution is 2.32. The maximum atomic E-state index is 12.6. The van der Waals surface area contributed by atoms with E-state index < -0.39 is 15.0 Å². The predicted octanol–water partition coefficient (Wildman–Crippen LogP) is 3.52. The molecule has 0 heterocycles. The molecule has 0 saturated carbocycles. The zero-order valence-electron chi connectivity index (χ0n) is 13.1. The van der Waals surface area contributed by atoms with Crippen LogP contribution in [-0.4, -0.2) is 20.5 Å². The fourth-order valence-electron chi connectivity index (χ4n) is 2.43. The van der Waals surface area contributed by atoms with Crippen LogP contribution < -0.4 is 8.92 Å². The Hall–Kier alpha value is -3.13. The largest absolute Gasteiger partial charge is 0.496 e. The highest BCUT2D eigenvalue weighted by Gasteiger charge is 2.21. The number of nitrogens with zero attached hydrogens (tertiary/aromatic N) is 1. The Morgan fingerprint density at radius 1 is 0.920 bits per heavy atom. The summed E-state index contributed by atoms with van der Waals surface area (Å²) in [5, 5.41) is 11.8. The fourth-order valence-corrected chi connectivity index (χ4v) is 3.57. The van der Waals surface area contributed by atoms with Gasteiger partial charge in [0.05, 0.1) is 12.0 Å². The third-order valence-corrected chi connectivity index (χ3v) is 4.89. The monoisotopic (exact) mass is 359 g/mol. The van der Waals surface area contributed by atoms with Crippen LogP contribution in [0.15, 0.2) is 65.6 Å². The average molecular weight is 359 g/mol. The molecular weight excluding hydrogens is 346 g/mol. The summed E-state index contributed by atoms with van der Waals surface area (Å²) in [5.41, 5.74) is -0.153. The molecule has 3 aromatic carbocycles. The minimum atomic E-state index is -4.12. The van der Waals surface area contributed by atoms with Gasteiger partial charge in [-0.1, -0.05) is 24.3 Å². The Morgan fingerprint density at radius 2 is 1.56 bits per heavy atom. The van der Waals surface area contributed by atoms with Crippen LogP contribution in [0, 0.1) is 10.1 Å². The van der Waals surface area contributed by atoms with Gasteiger partial charge in [-0.25, -0.2) is 0 Å². The van der Waals surface area contributed by atoms with Gasteiger partial charge in [-0.05, 0) is 24.3 Å². The Labute approximate surface area is 143 Å². The van der Waals surface area contributed by atoms with Gasteiger partial charge in [0.15, 0.2) is 0 Å². The lowest BCUT2D eigenvalue weighted by atomic mass is 10.1. The van der Waals surface area contributed by atoms with Crippen LogP contribution in [0.2, 0.25) is 0 Å². The van der Waals surface area contributed by atoms with Gasteiger partial charge < -0.3 is 8.92 Å². The van der Waals surface area contributed by atoms with Crippen LogP contribution in [-0.2, 0) is 10.1 Å². The lowest BCUT2D eigenvalue weighted by Crippen LogP contribution is -2.10. The number of hydrogen-bond acceptors (Lipinski definition) is 6. The molecule has 0 amide bonds. The Bertz CT molecular complexity index is 1040. The zero-order valence-corrected chi connectivity index (χ0v) is 13.9. The van der Waals surface area contributed by atoms with Crippen molar-refractivity contribution in [3.63, 3.8) is 0 Å². The molecule has 0 aliphatic rings. The van der Waals surface area contributed by atoms with Crippen LogP contribution in [0.3, 0.4) is 0 Å². The molecule has 3 aromatic rings. The first-order chi connectivity index (χ1) is 11.9. The van der Waals surface area contributed by atoms with E-state index in [4.69, 9.17) is 8.92 Å². The third-order valence-electron chi connectivity index (χ3n) is 3.59. The molecule has 0 atom stereocenters. The van der Waals surface area contributed by atoms with Gasteiger partial charge in [0.1, 0.15) is 16.4 Å². The number of nitro groups is 1. The molecule has 7 nitrogen and oxygen atoms in total. The number of methoxy groups -OCH3 is 1. The fraction of sp³-hybridized carbons (Fsp3) is 0.0588. The van der Waals surface area contributed by atoms with Crippen LogP contribution >= 0.6 is 0 Å². The standard InChI is InChI=1S/C17H13NO6S/c1-23-16-10-11-17(15-5-3-2-4-14(15)16)25(21,22)24-13-8-6-12(7-9-13)18(19)20/h2-11H,1H3. The van der Waals surface area contributed by atoms with Crippen molar-refractivity contribution in [3.05, 3.63) is 70.8 Å². The predicted molar refractivity (Wildman–Crippen MR) is 91.4 cm³/mol. The summed E-state index contributed by atoms with van der Waals surface area (Å²) in [7, 11) is -2.62. The molecule has 0 aliphatic heterocycles. The average Bonchev–Trinajstić information content (AvgIpc) is 2.60. The van der Waals surface area contributed by atoms with Crippen molar-refractivity contribution < 1.29 is 22.3 Å². The van der Waals surface area contributed by atoms with E-state index in [2.05, 4.69) is 0 Å². The second-order valence-electron chi connectivity index (χ2n) is 5.10. The topological polar surface area (TPSA) is 95.7 Å². The first kappa shape index (κ1) is 16.7. The van der Waals surface area contributed by atoms with E-state index in [1.165, 1.54) is 37.4 Å². The summed E-state index contributed by atoms with van der Waals surface area (Å²) < 4.78 is 35.6. The first-order valence-corrected chi connectivity index (χ1v) is 8.58. The number of non-ortho nitro benzene ring substituents is 1. The van der Waals surface area contributed by atoms with Gasteiger partial charge in [-0.15, -0.1) is 0 Å². The SMILES string of the molecule is COc1ccc(S(=O)(=O)Oc2ccc([N+](=O)[O-])cc2)c2ccccc12. The van der Waals surface area contributed by atoms with Gasteiger partial charge in [0.2, 0.25) is 0 Å². The molecule has 0 bridgehead atoms. The second kappa shape index (κ2) is 6.40. The molecule has 0 radical (unpaired) electrons. The van der Waals surface area contributed by atoms with E-state index in [1.807, 2.05) is 0 Å². The normalized spacial score (nSPS) is 11.2. The number of nitro benzene ring substituents is 1. The van der Waals surface area contributed by atoms with Crippen molar-refractivity contribution in [3.8, 4) is 11.5 Å². The highest BCUT2D eigenvalue weighted by molar-refractivity contribution is 7.87. The molecule has 25 heavy (non-hydrogen) atoms. The molecule has 128 valence electrons. The highest BCUT2D eigenvalue weighted by atomic mass is 32.2. The van der Waals surface area contributed by atoms with Crippen LogP contribution in [0.5, 0.6) is 11.5 Å². The summed E-state index contributed by atoms with van der Waals surface area (Å²) >= 11 is 0. The van der Waals surface area contributed by atoms with Crippen molar-refractivity contribution in [2.24, 2.45) is 0 Å². The van der Waals surface area contributed by atoms with E-state index in [0.717, 1.165) is 0 Å². The molecule has 0 aliphatic carbocycles. The van der Waals surface area contributed by atoms with E-state index >= 15 is 0 Å². The number of rotatable bonds is 5. The number of fused-ring (bicyclic) bond motifs is 1. The Balaban J connectivity index is 2.03. The van der Waals surface area contributed by atoms with Crippen molar-refractivity contribution in [2.75, 3.05) is 7.11 Å². The maximum absolute atomic E-state index is 12.6. The van der Waals surface area contributed by atoms with Crippen LogP contribution in [0.1, 0.15) is 0 Å². The molecule has 0 N–H and O–H groups in total. The van der Waals surface area contributed by atoms with Crippen molar-refractivity contribution in [1.29, 1.82) is 0 Å². The molecule has 0 aromatic heterocycles. The van der Waals surface area contributed by atoms with Gasteiger partial charge in [0, 0.05) is 22.9 Å². The summed E-state index contributed by atoms with van der Waals surface area (Å²) in [6.45, 7) is 0. The minimum absolute atomic E-state index is 0.00880. The van der Waals surface area contributed by atoms with E-state index in [9.17, 15) is 18.5 Å². The van der Waals surface area contributed by atoms with E-state index in [0.29, 0.717) is 16.5 Å². The molecule has 0 fully saturated rings. The third kappa shape index (κ3) is 3.24. The van der Waals surface area contributed by atoms with Crippen LogP contribution in [0.25, 0.3) is 10.8 Å². The number of ether oxygens (including phenoxy) is 1. The summed E-state index contributed by atoms with van der Waals surface area (Å²) in [6, 6.07) is 14.7. The molecule has 0 unspecified atom stereocenters. The van der Waals surface area contributed by atoms with Crippen molar-refractivity contribution in [2.45, 2.75) is 4.90 Å². The quantitative estimate of drug-likeness (QED) is 0.393. The molecule has 8 heteroatoms. The van der Waals surface area contributed by atoms with Crippen LogP contribution in [0.4, 0.5) is 5.69 Å². The van der Waals surface area contributed by atoms with Gasteiger partial charge in [-0.2, -0.15) is 8.42 Å². The molecule has 3 rings (SSSR count). The smallest absolute Gasteiger partial charge is 0.339 e. The zero-order chi connectivity index (χ0) is 18.0. The number of benzene rings is 3. The van der Waals surface area contributed by atoms with Gasteiger partial charge >= 0.3 is 10.1 Å². The summed E-state index contributed by atoms with van der Waals surface area (Å²) in [6.07, 6.45) is 0. The first-order valence-electron chi connectivity index (χ1n) is 7.17. The maximum Gasteiger partial charge on any atom is 0.339 e. The van der Waals surface area contributed by atoms with Crippen molar-refractivity contribution in [1.82, 2.24) is 0 Å². The van der Waals surface area contributed by atoms with Gasteiger partial charge in [-0.3, -0.25) is 10.1 Å². The van der Waals surface area contributed by atoms with Crippen molar-refractivity contribution >= 4 is 26.6 Å². The second-order valence-corrected chi connectivity index (χ2v) is 6.61. The molecule has 0 saturated heterocycles. The summed E-state index contributed by atoms with van der Waals surface area (Å²) in [4.78, 5) is 10.1. The Kier molecular flexibility index (Phi) is 4.28. The minimum Gasteiger partial charge on any atom is -0.496 e. The van der Waals surface area contributed by atoms with Gasteiger partial charge in [0.25, 0.3) is 5.69 Å². The summed E-state index contributed by atoms with van der Waals surface area (Å²) in [5.74, 6) is 0.537.